The predicted molar refractivity (Wildman–Crippen MR) is 93.1 cm³/mol. The van der Waals surface area contributed by atoms with E-state index in [0.29, 0.717) is 0 Å². The predicted octanol–water partition coefficient (Wildman–Crippen LogP) is 2.47. The lowest BCUT2D eigenvalue weighted by Gasteiger charge is -2.51. The van der Waals surface area contributed by atoms with Crippen LogP contribution in [-0.4, -0.2) is 66.9 Å². The zero-order chi connectivity index (χ0) is 16.4. The average Bonchev–Trinajstić information content (AvgIpc) is 3.02. The van der Waals surface area contributed by atoms with Gasteiger partial charge in [0.2, 0.25) is 0 Å². The highest BCUT2D eigenvalue weighted by Crippen LogP contribution is 2.39. The monoisotopic (exact) mass is 309 g/mol. The van der Waals surface area contributed by atoms with Gasteiger partial charge in [0.1, 0.15) is 0 Å². The number of allylic oxidation sites excluding steroid dienone is 1. The number of hydrogen-bond donors (Lipinski definition) is 1. The summed E-state index contributed by atoms with van der Waals surface area (Å²) < 4.78 is 5.57. The fourth-order valence-electron chi connectivity index (χ4n) is 4.39. The molecule has 0 saturated carbocycles. The van der Waals surface area contributed by atoms with Crippen LogP contribution >= 0.6 is 0 Å². The normalized spacial score (nSPS) is 23.7. The molecule has 0 radical (unpaired) electrons. The fourth-order valence-corrected chi connectivity index (χ4v) is 4.39. The van der Waals surface area contributed by atoms with Crippen LogP contribution in [0.2, 0.25) is 0 Å². The summed E-state index contributed by atoms with van der Waals surface area (Å²) in [5.41, 5.74) is 3.27. The van der Waals surface area contributed by atoms with Crippen LogP contribution in [0.4, 0.5) is 0 Å². The van der Waals surface area contributed by atoms with Gasteiger partial charge in [-0.2, -0.15) is 0 Å². The van der Waals surface area contributed by atoms with Crippen molar-refractivity contribution >= 4 is 0 Å². The largest absolute Gasteiger partial charge is 0.379 e. The highest BCUT2D eigenvalue weighted by molar-refractivity contribution is 5.34. The lowest BCUT2D eigenvalue weighted by atomic mass is 9.75. The van der Waals surface area contributed by atoms with E-state index in [4.69, 9.17) is 4.74 Å². The second-order valence-electron chi connectivity index (χ2n) is 7.65. The molecule has 2 aliphatic heterocycles. The quantitative estimate of drug-likeness (QED) is 0.790. The van der Waals surface area contributed by atoms with Gasteiger partial charge in [-0.25, -0.2) is 0 Å². The topological polar surface area (TPSA) is 27.7 Å². The molecule has 0 amide bonds. The second-order valence-corrected chi connectivity index (χ2v) is 7.65. The summed E-state index contributed by atoms with van der Waals surface area (Å²) in [4.78, 5) is 5.19. The molecule has 2 aliphatic rings. The summed E-state index contributed by atoms with van der Waals surface area (Å²) in [5.74, 6) is 0. The molecule has 128 valence electrons. The molecule has 0 spiro atoms. The first-order chi connectivity index (χ1) is 10.3. The van der Waals surface area contributed by atoms with Gasteiger partial charge < -0.3 is 10.1 Å². The molecule has 4 heteroatoms. The Hall–Kier alpha value is -0.420. The maximum Gasteiger partial charge on any atom is 0.0594 e. The van der Waals surface area contributed by atoms with Crippen LogP contribution in [0.15, 0.2) is 11.1 Å². The Balaban J connectivity index is 2.37. The van der Waals surface area contributed by atoms with Crippen molar-refractivity contribution in [3.05, 3.63) is 11.1 Å². The van der Waals surface area contributed by atoms with Gasteiger partial charge in [0.15, 0.2) is 0 Å². The third-order valence-corrected chi connectivity index (χ3v) is 5.63. The summed E-state index contributed by atoms with van der Waals surface area (Å²) >= 11 is 0. The third-order valence-electron chi connectivity index (χ3n) is 5.63. The van der Waals surface area contributed by atoms with Gasteiger partial charge in [-0.3, -0.25) is 9.80 Å². The van der Waals surface area contributed by atoms with E-state index in [2.05, 4.69) is 56.7 Å². The number of nitrogens with zero attached hydrogens (tertiary/aromatic N) is 2. The molecule has 0 aliphatic carbocycles. The van der Waals surface area contributed by atoms with Crippen molar-refractivity contribution in [3.63, 3.8) is 0 Å². The van der Waals surface area contributed by atoms with Gasteiger partial charge in [0.25, 0.3) is 0 Å². The van der Waals surface area contributed by atoms with E-state index < -0.39 is 0 Å². The molecule has 1 N–H and O–H groups in total. The fraction of sp³-hybridized carbons (Fsp3) is 0.889. The molecule has 2 heterocycles. The van der Waals surface area contributed by atoms with Crippen molar-refractivity contribution in [2.24, 2.45) is 0 Å². The molecule has 0 unspecified atom stereocenters. The van der Waals surface area contributed by atoms with E-state index in [0.717, 1.165) is 52.5 Å². The number of rotatable bonds is 5. The van der Waals surface area contributed by atoms with E-state index in [9.17, 15) is 0 Å². The van der Waals surface area contributed by atoms with Gasteiger partial charge in [-0.15, -0.1) is 0 Å². The first-order valence-corrected chi connectivity index (χ1v) is 8.81. The highest BCUT2D eigenvalue weighted by Gasteiger charge is 2.43. The zero-order valence-corrected chi connectivity index (χ0v) is 15.5. The summed E-state index contributed by atoms with van der Waals surface area (Å²) in [7, 11) is 0. The van der Waals surface area contributed by atoms with Crippen molar-refractivity contribution in [3.8, 4) is 0 Å². The average molecular weight is 309 g/mol. The van der Waals surface area contributed by atoms with E-state index in [1.54, 1.807) is 5.57 Å². The van der Waals surface area contributed by atoms with E-state index >= 15 is 0 Å². The van der Waals surface area contributed by atoms with E-state index in [1.807, 2.05) is 0 Å². The van der Waals surface area contributed by atoms with Crippen LogP contribution in [0.25, 0.3) is 0 Å². The molecule has 0 bridgehead atoms. The number of morpholine rings is 1. The van der Waals surface area contributed by atoms with Gasteiger partial charge in [-0.1, -0.05) is 12.5 Å². The van der Waals surface area contributed by atoms with Crippen LogP contribution < -0.4 is 5.32 Å². The summed E-state index contributed by atoms with van der Waals surface area (Å²) in [6.45, 7) is 21.2. The maximum absolute atomic E-state index is 5.57. The van der Waals surface area contributed by atoms with Crippen LogP contribution in [0, 0.1) is 0 Å². The van der Waals surface area contributed by atoms with Crippen LogP contribution in [-0.2, 0) is 4.74 Å². The molecule has 0 atom stereocenters. The molecule has 2 saturated heterocycles. The summed E-state index contributed by atoms with van der Waals surface area (Å²) in [6.07, 6.45) is 1.12. The molecule has 2 fully saturated rings. The van der Waals surface area contributed by atoms with E-state index in [-0.39, 0.29) is 11.1 Å². The molecular weight excluding hydrogens is 274 g/mol. The molecule has 4 nitrogen and oxygen atoms in total. The van der Waals surface area contributed by atoms with E-state index in [1.165, 1.54) is 5.57 Å². The van der Waals surface area contributed by atoms with Gasteiger partial charge in [-0.05, 0) is 46.6 Å². The first kappa shape index (κ1) is 17.9. The molecule has 0 aromatic rings. The summed E-state index contributed by atoms with van der Waals surface area (Å²) in [5, 5.41) is 3.49. The zero-order valence-electron chi connectivity index (χ0n) is 15.5. The Morgan fingerprint density at radius 2 is 1.59 bits per heavy atom. The molecular formula is C18H35N3O. The Labute approximate surface area is 136 Å². The Morgan fingerprint density at radius 3 is 2.09 bits per heavy atom. The number of ether oxygens (including phenoxy) is 1. The first-order valence-electron chi connectivity index (χ1n) is 8.81. The smallest absolute Gasteiger partial charge is 0.0594 e. The van der Waals surface area contributed by atoms with Crippen LogP contribution in [0.3, 0.4) is 0 Å². The third kappa shape index (κ3) is 3.40. The molecule has 0 aromatic heterocycles. The minimum absolute atomic E-state index is 0.0654. The number of nitrogens with one attached hydrogen (secondary N) is 1. The van der Waals surface area contributed by atoms with Crippen molar-refractivity contribution in [1.29, 1.82) is 0 Å². The standard InChI is InChI=1S/C18H35N3O/c1-7-15(2)16(18(5,6)21-9-8-19-14-21)17(3,4)20-10-12-22-13-11-20/h19H,7-14H2,1-6H3/b16-15+. The SMILES string of the molecule is CC/C(C)=C(\C(C)(C)N1CCOCC1)C(C)(C)N1CCNC1. The van der Waals surface area contributed by atoms with Crippen molar-refractivity contribution < 1.29 is 4.74 Å². The van der Waals surface area contributed by atoms with Crippen LogP contribution in [0.1, 0.15) is 48.0 Å². The van der Waals surface area contributed by atoms with Crippen molar-refractivity contribution in [2.75, 3.05) is 46.1 Å². The Kier molecular flexibility index (Phi) is 5.70. The highest BCUT2D eigenvalue weighted by atomic mass is 16.5. The van der Waals surface area contributed by atoms with Crippen molar-refractivity contribution in [2.45, 2.75) is 59.0 Å². The van der Waals surface area contributed by atoms with Crippen molar-refractivity contribution in [1.82, 2.24) is 15.1 Å². The van der Waals surface area contributed by atoms with Gasteiger partial charge in [0, 0.05) is 43.9 Å². The Bertz CT molecular complexity index is 403. The van der Waals surface area contributed by atoms with Crippen LogP contribution in [0.5, 0.6) is 0 Å². The Morgan fingerprint density at radius 1 is 1.00 bits per heavy atom. The lowest BCUT2D eigenvalue weighted by molar-refractivity contribution is -0.00712. The number of hydrogen-bond acceptors (Lipinski definition) is 4. The maximum atomic E-state index is 5.57. The minimum Gasteiger partial charge on any atom is -0.379 e. The van der Waals surface area contributed by atoms with Gasteiger partial charge in [0.05, 0.1) is 13.2 Å². The lowest BCUT2D eigenvalue weighted by Crippen LogP contribution is -2.58. The molecule has 22 heavy (non-hydrogen) atoms. The second kappa shape index (κ2) is 7.00. The minimum atomic E-state index is 0.0654. The van der Waals surface area contributed by atoms with Gasteiger partial charge >= 0.3 is 0 Å². The molecule has 0 aromatic carbocycles. The summed E-state index contributed by atoms with van der Waals surface area (Å²) in [6, 6.07) is 0. The molecule has 2 rings (SSSR count).